The van der Waals surface area contributed by atoms with E-state index in [-0.39, 0.29) is 17.4 Å². The molecule has 0 unspecified atom stereocenters. The number of hydrogen-bond acceptors (Lipinski definition) is 4. The summed E-state index contributed by atoms with van der Waals surface area (Å²) in [7, 11) is -3.15. The molecule has 130 valence electrons. The Bertz CT molecular complexity index is 754. The Hall–Kier alpha value is -2.15. The van der Waals surface area contributed by atoms with Crippen LogP contribution in [0.25, 0.3) is 0 Å². The second kappa shape index (κ2) is 8.63. The van der Waals surface area contributed by atoms with Crippen LogP contribution in [-0.4, -0.2) is 36.4 Å². The lowest BCUT2D eigenvalue weighted by Gasteiger charge is -2.07. The number of rotatable bonds is 9. The third-order valence-corrected chi connectivity index (χ3v) is 5.20. The van der Waals surface area contributed by atoms with E-state index in [1.165, 1.54) is 0 Å². The SMILES string of the molecule is Cc1cnn(CCC(=O)NCCCS(=O)(=O)Cc2ccccc2)c1. The quantitative estimate of drug-likeness (QED) is 0.699. The van der Waals surface area contributed by atoms with Crippen LogP contribution < -0.4 is 5.32 Å². The zero-order valence-corrected chi connectivity index (χ0v) is 14.6. The van der Waals surface area contributed by atoms with Gasteiger partial charge in [-0.05, 0) is 24.5 Å². The molecule has 0 bridgehead atoms. The van der Waals surface area contributed by atoms with Gasteiger partial charge >= 0.3 is 0 Å². The summed E-state index contributed by atoms with van der Waals surface area (Å²) in [6.07, 6.45) is 4.37. The minimum absolute atomic E-state index is 0.0421. The standard InChI is InChI=1S/C17H23N3O3S/c1-15-12-19-20(13-15)10-8-17(21)18-9-5-11-24(22,23)14-16-6-3-2-4-7-16/h2-4,6-7,12-13H,5,8-11,14H2,1H3,(H,18,21). The molecule has 0 aliphatic rings. The summed E-state index contributed by atoms with van der Waals surface area (Å²) < 4.78 is 25.8. The van der Waals surface area contributed by atoms with Crippen LogP contribution in [0.3, 0.4) is 0 Å². The topological polar surface area (TPSA) is 81.1 Å². The first-order valence-electron chi connectivity index (χ1n) is 7.95. The summed E-state index contributed by atoms with van der Waals surface area (Å²) >= 11 is 0. The predicted molar refractivity (Wildman–Crippen MR) is 93.1 cm³/mol. The van der Waals surface area contributed by atoms with E-state index < -0.39 is 9.84 Å². The molecule has 0 fully saturated rings. The molecule has 2 rings (SSSR count). The van der Waals surface area contributed by atoms with Crippen LogP contribution in [0.4, 0.5) is 0 Å². The Labute approximate surface area is 142 Å². The maximum Gasteiger partial charge on any atom is 0.221 e. The fraction of sp³-hybridized carbons (Fsp3) is 0.412. The van der Waals surface area contributed by atoms with E-state index in [0.717, 1.165) is 11.1 Å². The van der Waals surface area contributed by atoms with Crippen molar-refractivity contribution in [3.05, 3.63) is 53.9 Å². The van der Waals surface area contributed by atoms with E-state index in [0.29, 0.717) is 25.9 Å². The van der Waals surface area contributed by atoms with Gasteiger partial charge in [-0.25, -0.2) is 8.42 Å². The van der Waals surface area contributed by atoms with Crippen molar-refractivity contribution in [2.24, 2.45) is 0 Å². The number of aryl methyl sites for hydroxylation is 2. The Morgan fingerprint density at radius 2 is 2.00 bits per heavy atom. The lowest BCUT2D eigenvalue weighted by Crippen LogP contribution is -2.27. The van der Waals surface area contributed by atoms with Crippen molar-refractivity contribution >= 4 is 15.7 Å². The third kappa shape index (κ3) is 6.54. The molecule has 6 nitrogen and oxygen atoms in total. The maximum atomic E-state index is 12.0. The average Bonchev–Trinajstić information content (AvgIpc) is 2.96. The van der Waals surface area contributed by atoms with Crippen molar-refractivity contribution in [3.8, 4) is 0 Å². The highest BCUT2D eigenvalue weighted by atomic mass is 32.2. The van der Waals surface area contributed by atoms with Gasteiger partial charge in [-0.1, -0.05) is 30.3 Å². The van der Waals surface area contributed by atoms with Gasteiger partial charge in [-0.15, -0.1) is 0 Å². The molecular formula is C17H23N3O3S. The molecule has 0 saturated carbocycles. The molecule has 0 aliphatic heterocycles. The van der Waals surface area contributed by atoms with Crippen LogP contribution in [0.2, 0.25) is 0 Å². The van der Waals surface area contributed by atoms with Gasteiger partial charge < -0.3 is 5.32 Å². The minimum Gasteiger partial charge on any atom is -0.356 e. The van der Waals surface area contributed by atoms with Crippen LogP contribution in [0.5, 0.6) is 0 Å². The van der Waals surface area contributed by atoms with Crippen molar-refractivity contribution in [1.82, 2.24) is 15.1 Å². The van der Waals surface area contributed by atoms with Crippen LogP contribution in [-0.2, 0) is 26.9 Å². The molecular weight excluding hydrogens is 326 g/mol. The molecule has 0 aliphatic carbocycles. The number of nitrogens with one attached hydrogen (secondary N) is 1. The van der Waals surface area contributed by atoms with Crippen LogP contribution in [0.15, 0.2) is 42.7 Å². The Morgan fingerprint density at radius 1 is 1.25 bits per heavy atom. The summed E-state index contributed by atoms with van der Waals surface area (Å²) in [6.45, 7) is 2.83. The summed E-state index contributed by atoms with van der Waals surface area (Å²) in [6, 6.07) is 9.11. The zero-order valence-electron chi connectivity index (χ0n) is 13.8. The zero-order chi connectivity index (χ0) is 17.4. The molecule has 1 N–H and O–H groups in total. The smallest absolute Gasteiger partial charge is 0.221 e. The number of carbonyl (C=O) groups excluding carboxylic acids is 1. The van der Waals surface area contributed by atoms with Gasteiger partial charge in [0.1, 0.15) is 0 Å². The Kier molecular flexibility index (Phi) is 6.54. The summed E-state index contributed by atoms with van der Waals surface area (Å²) in [5.74, 6) is 0.0182. The minimum atomic E-state index is -3.15. The number of hydrogen-bond donors (Lipinski definition) is 1. The van der Waals surface area contributed by atoms with E-state index in [4.69, 9.17) is 0 Å². The van der Waals surface area contributed by atoms with Gasteiger partial charge in [0.25, 0.3) is 0 Å². The van der Waals surface area contributed by atoms with Crippen molar-refractivity contribution < 1.29 is 13.2 Å². The monoisotopic (exact) mass is 349 g/mol. The number of amides is 1. The number of benzene rings is 1. The third-order valence-electron chi connectivity index (χ3n) is 3.51. The Balaban J connectivity index is 1.63. The molecule has 1 aromatic heterocycles. The molecule has 1 aromatic carbocycles. The fourth-order valence-electron chi connectivity index (χ4n) is 2.31. The van der Waals surface area contributed by atoms with E-state index in [1.54, 1.807) is 23.0 Å². The first-order valence-corrected chi connectivity index (χ1v) is 9.77. The van der Waals surface area contributed by atoms with Crippen LogP contribution in [0, 0.1) is 6.92 Å². The van der Waals surface area contributed by atoms with Crippen molar-refractivity contribution in [1.29, 1.82) is 0 Å². The van der Waals surface area contributed by atoms with Crippen molar-refractivity contribution in [2.45, 2.75) is 32.1 Å². The molecule has 7 heteroatoms. The Morgan fingerprint density at radius 3 is 2.67 bits per heavy atom. The van der Waals surface area contributed by atoms with E-state index >= 15 is 0 Å². The van der Waals surface area contributed by atoms with Gasteiger partial charge in [-0.3, -0.25) is 9.48 Å². The second-order valence-corrected chi connectivity index (χ2v) is 8.00. The van der Waals surface area contributed by atoms with E-state index in [1.807, 2.05) is 31.3 Å². The van der Waals surface area contributed by atoms with Gasteiger partial charge in [0.15, 0.2) is 9.84 Å². The first kappa shape index (κ1) is 18.2. The van der Waals surface area contributed by atoms with Gasteiger partial charge in [-0.2, -0.15) is 5.10 Å². The largest absolute Gasteiger partial charge is 0.356 e. The normalized spacial score (nSPS) is 11.4. The van der Waals surface area contributed by atoms with Gasteiger partial charge in [0.05, 0.1) is 17.7 Å². The molecule has 1 heterocycles. The molecule has 0 spiro atoms. The summed E-state index contributed by atoms with van der Waals surface area (Å²) in [4.78, 5) is 11.7. The van der Waals surface area contributed by atoms with Crippen molar-refractivity contribution in [2.75, 3.05) is 12.3 Å². The molecule has 24 heavy (non-hydrogen) atoms. The van der Waals surface area contributed by atoms with Crippen LogP contribution >= 0.6 is 0 Å². The predicted octanol–water partition coefficient (Wildman–Crippen LogP) is 1.70. The highest BCUT2D eigenvalue weighted by Gasteiger charge is 2.11. The average molecular weight is 349 g/mol. The highest BCUT2D eigenvalue weighted by molar-refractivity contribution is 7.90. The maximum absolute atomic E-state index is 12.0. The summed E-state index contributed by atoms with van der Waals surface area (Å²) in [5, 5.41) is 6.87. The number of sulfone groups is 1. The van der Waals surface area contributed by atoms with Gasteiger partial charge in [0.2, 0.25) is 5.91 Å². The lowest BCUT2D eigenvalue weighted by atomic mass is 10.2. The fourth-order valence-corrected chi connectivity index (χ4v) is 3.74. The van der Waals surface area contributed by atoms with E-state index in [2.05, 4.69) is 10.4 Å². The lowest BCUT2D eigenvalue weighted by molar-refractivity contribution is -0.121. The first-order chi connectivity index (χ1) is 11.4. The number of nitrogens with zero attached hydrogens (tertiary/aromatic N) is 2. The second-order valence-electron chi connectivity index (χ2n) is 5.81. The number of aromatic nitrogens is 2. The summed E-state index contributed by atoms with van der Waals surface area (Å²) in [5.41, 5.74) is 1.84. The van der Waals surface area contributed by atoms with Crippen molar-refractivity contribution in [3.63, 3.8) is 0 Å². The molecule has 2 aromatic rings. The molecule has 0 atom stereocenters. The molecule has 1 amide bonds. The van der Waals surface area contributed by atoms with Gasteiger partial charge in [0, 0.05) is 25.7 Å². The van der Waals surface area contributed by atoms with Crippen LogP contribution in [0.1, 0.15) is 24.0 Å². The highest BCUT2D eigenvalue weighted by Crippen LogP contribution is 2.07. The number of carbonyl (C=O) groups is 1. The molecule has 0 radical (unpaired) electrons. The molecule has 0 saturated heterocycles. The van der Waals surface area contributed by atoms with E-state index in [9.17, 15) is 13.2 Å².